The number of carbonyl (C=O) groups is 1. The van der Waals surface area contributed by atoms with Gasteiger partial charge in [-0.1, -0.05) is 0 Å². The van der Waals surface area contributed by atoms with E-state index in [0.717, 1.165) is 0 Å². The molecular formula is C12H15ClN2O4. The van der Waals surface area contributed by atoms with E-state index < -0.39 is 4.92 Å². The molecule has 0 aliphatic heterocycles. The van der Waals surface area contributed by atoms with Gasteiger partial charge < -0.3 is 10.1 Å². The van der Waals surface area contributed by atoms with Crippen molar-refractivity contribution in [2.24, 2.45) is 0 Å². The Bertz CT molecular complexity index is 479. The Morgan fingerprint density at radius 1 is 1.58 bits per heavy atom. The zero-order valence-corrected chi connectivity index (χ0v) is 11.4. The van der Waals surface area contributed by atoms with Gasteiger partial charge in [0.05, 0.1) is 23.7 Å². The van der Waals surface area contributed by atoms with Crippen molar-refractivity contribution in [1.82, 2.24) is 5.32 Å². The molecule has 1 aromatic rings. The minimum atomic E-state index is -0.541. The quantitative estimate of drug-likeness (QED) is 0.494. The molecule has 0 bridgehead atoms. The lowest BCUT2D eigenvalue weighted by molar-refractivity contribution is -0.384. The highest BCUT2D eigenvalue weighted by atomic mass is 35.5. The Balaban J connectivity index is 2.93. The molecule has 0 heterocycles. The summed E-state index contributed by atoms with van der Waals surface area (Å²) in [6.45, 7) is 1.83. The number of ether oxygens (including phenoxy) is 1. The number of nitrogens with zero attached hydrogens (tertiary/aromatic N) is 1. The molecule has 0 fully saturated rings. The summed E-state index contributed by atoms with van der Waals surface area (Å²) >= 11 is 5.59. The second-order valence-corrected chi connectivity index (χ2v) is 4.37. The smallest absolute Gasteiger partial charge is 0.273 e. The average molecular weight is 287 g/mol. The van der Waals surface area contributed by atoms with Gasteiger partial charge in [-0.2, -0.15) is 0 Å². The van der Waals surface area contributed by atoms with E-state index >= 15 is 0 Å². The summed E-state index contributed by atoms with van der Waals surface area (Å²) in [7, 11) is 1.36. The number of rotatable bonds is 6. The molecule has 0 aliphatic carbocycles. The molecule has 1 rings (SSSR count). The predicted molar refractivity (Wildman–Crippen MR) is 71.9 cm³/mol. The van der Waals surface area contributed by atoms with Gasteiger partial charge >= 0.3 is 0 Å². The zero-order valence-electron chi connectivity index (χ0n) is 10.7. The van der Waals surface area contributed by atoms with Crippen molar-refractivity contribution >= 4 is 23.2 Å². The van der Waals surface area contributed by atoms with Gasteiger partial charge in [0.25, 0.3) is 11.6 Å². The lowest BCUT2D eigenvalue weighted by Gasteiger charge is -2.14. The number of methoxy groups -OCH3 is 1. The number of benzene rings is 1. The summed E-state index contributed by atoms with van der Waals surface area (Å²) in [4.78, 5) is 22.1. The second kappa shape index (κ2) is 6.94. The molecule has 0 saturated heterocycles. The van der Waals surface area contributed by atoms with Gasteiger partial charge in [-0.3, -0.25) is 14.9 Å². The maximum Gasteiger partial charge on any atom is 0.273 e. The van der Waals surface area contributed by atoms with Gasteiger partial charge in [-0.05, 0) is 19.4 Å². The molecule has 104 valence electrons. The highest BCUT2D eigenvalue weighted by molar-refractivity contribution is 6.17. The van der Waals surface area contributed by atoms with Crippen molar-refractivity contribution in [3.63, 3.8) is 0 Å². The molecule has 1 amide bonds. The highest BCUT2D eigenvalue weighted by Crippen LogP contribution is 2.24. The largest absolute Gasteiger partial charge is 0.496 e. The summed E-state index contributed by atoms with van der Waals surface area (Å²) in [6.07, 6.45) is 0.641. The summed E-state index contributed by atoms with van der Waals surface area (Å²) < 4.78 is 5.01. The fourth-order valence-electron chi connectivity index (χ4n) is 1.52. The summed E-state index contributed by atoms with van der Waals surface area (Å²) in [5, 5.41) is 13.4. The van der Waals surface area contributed by atoms with Crippen LogP contribution in [-0.4, -0.2) is 29.9 Å². The fourth-order valence-corrected chi connectivity index (χ4v) is 1.85. The van der Waals surface area contributed by atoms with Crippen molar-refractivity contribution in [3.8, 4) is 5.75 Å². The SMILES string of the molecule is COc1cc([N+](=O)[O-])ccc1C(=O)NC(C)CCCl. The molecule has 0 radical (unpaired) electrons. The van der Waals surface area contributed by atoms with Gasteiger partial charge in [-0.15, -0.1) is 11.6 Å². The molecule has 1 atom stereocenters. The molecule has 19 heavy (non-hydrogen) atoms. The molecule has 1 aromatic carbocycles. The molecule has 6 nitrogen and oxygen atoms in total. The Morgan fingerprint density at radius 3 is 2.79 bits per heavy atom. The minimum absolute atomic E-state index is 0.0788. The Kier molecular flexibility index (Phi) is 5.57. The van der Waals surface area contributed by atoms with Crippen molar-refractivity contribution < 1.29 is 14.5 Å². The van der Waals surface area contributed by atoms with E-state index in [0.29, 0.717) is 12.3 Å². The Labute approximate surface area is 115 Å². The average Bonchev–Trinajstić information content (AvgIpc) is 2.37. The van der Waals surface area contributed by atoms with Crippen LogP contribution in [0.4, 0.5) is 5.69 Å². The standard InChI is InChI=1S/C12H15ClN2O4/c1-8(5-6-13)14-12(16)10-4-3-9(15(17)18)7-11(10)19-2/h3-4,7-8H,5-6H2,1-2H3,(H,14,16). The number of alkyl halides is 1. The third-order valence-electron chi connectivity index (χ3n) is 2.56. The number of hydrogen-bond donors (Lipinski definition) is 1. The number of nitro groups is 1. The van der Waals surface area contributed by atoms with Crippen LogP contribution in [0.2, 0.25) is 0 Å². The number of hydrogen-bond acceptors (Lipinski definition) is 4. The van der Waals surface area contributed by atoms with E-state index in [1.54, 1.807) is 0 Å². The van der Waals surface area contributed by atoms with Crippen molar-refractivity contribution in [1.29, 1.82) is 0 Å². The van der Waals surface area contributed by atoms with Crippen LogP contribution in [-0.2, 0) is 0 Å². The van der Waals surface area contributed by atoms with Gasteiger partial charge in [0.1, 0.15) is 5.75 Å². The van der Waals surface area contributed by atoms with Gasteiger partial charge in [0, 0.05) is 18.0 Å². The zero-order chi connectivity index (χ0) is 14.4. The normalized spacial score (nSPS) is 11.7. The van der Waals surface area contributed by atoms with E-state index in [-0.39, 0.29) is 28.9 Å². The molecule has 0 aromatic heterocycles. The van der Waals surface area contributed by atoms with Crippen LogP contribution < -0.4 is 10.1 Å². The molecule has 1 unspecified atom stereocenters. The number of halogens is 1. The third-order valence-corrected chi connectivity index (χ3v) is 2.78. The van der Waals surface area contributed by atoms with Crippen molar-refractivity contribution in [3.05, 3.63) is 33.9 Å². The summed E-state index contributed by atoms with van der Waals surface area (Å²) in [5.74, 6) is 0.271. The van der Waals surface area contributed by atoms with Crippen LogP contribution in [0, 0.1) is 10.1 Å². The number of nitrogens with one attached hydrogen (secondary N) is 1. The minimum Gasteiger partial charge on any atom is -0.496 e. The number of carbonyl (C=O) groups excluding carboxylic acids is 1. The van der Waals surface area contributed by atoms with Gasteiger partial charge in [0.15, 0.2) is 0 Å². The van der Waals surface area contributed by atoms with E-state index in [2.05, 4.69) is 5.32 Å². The molecule has 0 spiro atoms. The first-order chi connectivity index (χ1) is 8.99. The monoisotopic (exact) mass is 286 g/mol. The van der Waals surface area contributed by atoms with Gasteiger partial charge in [-0.25, -0.2) is 0 Å². The van der Waals surface area contributed by atoms with Crippen LogP contribution in [0.25, 0.3) is 0 Å². The first-order valence-electron chi connectivity index (χ1n) is 5.68. The summed E-state index contributed by atoms with van der Waals surface area (Å²) in [6, 6.07) is 3.79. The predicted octanol–water partition coefficient (Wildman–Crippen LogP) is 2.35. The molecular weight excluding hydrogens is 272 g/mol. The first-order valence-corrected chi connectivity index (χ1v) is 6.22. The third kappa shape index (κ3) is 4.10. The number of nitro benzene ring substituents is 1. The van der Waals surface area contributed by atoms with Gasteiger partial charge in [0.2, 0.25) is 0 Å². The van der Waals surface area contributed by atoms with Crippen LogP contribution in [0.1, 0.15) is 23.7 Å². The molecule has 0 saturated carbocycles. The van der Waals surface area contributed by atoms with Crippen LogP contribution in [0.15, 0.2) is 18.2 Å². The van der Waals surface area contributed by atoms with Crippen LogP contribution in [0.5, 0.6) is 5.75 Å². The highest BCUT2D eigenvalue weighted by Gasteiger charge is 2.17. The van der Waals surface area contributed by atoms with Crippen LogP contribution in [0.3, 0.4) is 0 Å². The lowest BCUT2D eigenvalue weighted by Crippen LogP contribution is -2.33. The topological polar surface area (TPSA) is 81.5 Å². The fraction of sp³-hybridized carbons (Fsp3) is 0.417. The lowest BCUT2D eigenvalue weighted by atomic mass is 10.1. The maximum atomic E-state index is 12.0. The number of amides is 1. The second-order valence-electron chi connectivity index (χ2n) is 3.99. The number of non-ortho nitro benzene ring substituents is 1. The van der Waals surface area contributed by atoms with E-state index in [1.165, 1.54) is 25.3 Å². The van der Waals surface area contributed by atoms with E-state index in [4.69, 9.17) is 16.3 Å². The first kappa shape index (κ1) is 15.2. The Morgan fingerprint density at radius 2 is 2.26 bits per heavy atom. The Hall–Kier alpha value is -1.82. The van der Waals surface area contributed by atoms with Crippen molar-refractivity contribution in [2.45, 2.75) is 19.4 Å². The molecule has 7 heteroatoms. The van der Waals surface area contributed by atoms with Crippen molar-refractivity contribution in [2.75, 3.05) is 13.0 Å². The van der Waals surface area contributed by atoms with Crippen LogP contribution >= 0.6 is 11.6 Å². The summed E-state index contributed by atoms with van der Waals surface area (Å²) in [5.41, 5.74) is 0.136. The van der Waals surface area contributed by atoms with E-state index in [9.17, 15) is 14.9 Å². The molecule has 0 aliphatic rings. The molecule has 1 N–H and O–H groups in total. The maximum absolute atomic E-state index is 12.0. The van der Waals surface area contributed by atoms with E-state index in [1.807, 2.05) is 6.92 Å².